The van der Waals surface area contributed by atoms with Crippen LogP contribution in [0.4, 0.5) is 5.82 Å². The Hall–Kier alpha value is -2.80. The third-order valence-electron chi connectivity index (χ3n) is 5.84. The standard InChI is InChI=1S/C23H31N7/c1-18-11-16-30(17-12-18)15-5-13-24-23-21-9-4-8-20(22-26-28-29(2)27-22)7-3-6-19(21)10-14-25-23/h3-4,7-10,14,18H,5-6,11-13,15-17H2,1-2H3,(H,24,25)/b7-3+,9-4+,20-8+. The summed E-state index contributed by atoms with van der Waals surface area (Å²) in [5.41, 5.74) is 3.36. The van der Waals surface area contributed by atoms with E-state index in [1.54, 1.807) is 7.05 Å². The summed E-state index contributed by atoms with van der Waals surface area (Å²) in [6.07, 6.45) is 16.9. The Labute approximate surface area is 178 Å². The predicted molar refractivity (Wildman–Crippen MR) is 121 cm³/mol. The first-order chi connectivity index (χ1) is 14.7. The van der Waals surface area contributed by atoms with Crippen molar-refractivity contribution in [3.8, 4) is 0 Å². The van der Waals surface area contributed by atoms with Crippen LogP contribution in [0.1, 0.15) is 43.1 Å². The lowest BCUT2D eigenvalue weighted by Crippen LogP contribution is -2.34. The highest BCUT2D eigenvalue weighted by molar-refractivity contribution is 5.75. The lowest BCUT2D eigenvalue weighted by Gasteiger charge is -2.30. The molecule has 0 unspecified atom stereocenters. The maximum absolute atomic E-state index is 4.61. The van der Waals surface area contributed by atoms with Gasteiger partial charge in [-0.2, -0.15) is 4.80 Å². The van der Waals surface area contributed by atoms with E-state index in [2.05, 4.69) is 61.8 Å². The maximum atomic E-state index is 4.61. The largest absolute Gasteiger partial charge is 0.370 e. The molecule has 4 rings (SSSR count). The summed E-state index contributed by atoms with van der Waals surface area (Å²) in [6, 6.07) is 2.09. The third kappa shape index (κ3) is 5.21. The van der Waals surface area contributed by atoms with Gasteiger partial charge in [-0.3, -0.25) is 0 Å². The van der Waals surface area contributed by atoms with E-state index < -0.39 is 0 Å². The molecule has 1 aliphatic carbocycles. The quantitative estimate of drug-likeness (QED) is 0.743. The summed E-state index contributed by atoms with van der Waals surface area (Å²) in [7, 11) is 1.77. The number of piperidine rings is 1. The average molecular weight is 406 g/mol. The number of fused-ring (bicyclic) bond motifs is 1. The zero-order valence-corrected chi connectivity index (χ0v) is 18.0. The van der Waals surface area contributed by atoms with Crippen molar-refractivity contribution in [2.75, 3.05) is 31.5 Å². The molecule has 0 spiro atoms. The second kappa shape index (κ2) is 9.80. The number of allylic oxidation sites excluding steroid dienone is 5. The number of nitrogens with one attached hydrogen (secondary N) is 1. The van der Waals surface area contributed by atoms with Crippen molar-refractivity contribution in [3.63, 3.8) is 0 Å². The number of hydrogen-bond acceptors (Lipinski definition) is 6. The molecule has 2 aliphatic rings. The molecule has 3 heterocycles. The van der Waals surface area contributed by atoms with Crippen LogP contribution in [0.25, 0.3) is 11.6 Å². The number of aromatic nitrogens is 5. The van der Waals surface area contributed by atoms with E-state index in [0.29, 0.717) is 5.82 Å². The van der Waals surface area contributed by atoms with Gasteiger partial charge in [0.05, 0.1) is 7.05 Å². The molecule has 1 saturated heterocycles. The Balaban J connectivity index is 1.40. The fourth-order valence-electron chi connectivity index (χ4n) is 3.98. The summed E-state index contributed by atoms with van der Waals surface area (Å²) < 4.78 is 0. The summed E-state index contributed by atoms with van der Waals surface area (Å²) in [5.74, 6) is 2.48. The van der Waals surface area contributed by atoms with E-state index in [9.17, 15) is 0 Å². The van der Waals surface area contributed by atoms with Crippen LogP contribution in [0.3, 0.4) is 0 Å². The number of likely N-dealkylation sites (tertiary alicyclic amines) is 1. The molecule has 0 aromatic carbocycles. The van der Waals surface area contributed by atoms with Gasteiger partial charge in [0.1, 0.15) is 5.82 Å². The van der Waals surface area contributed by atoms with Gasteiger partial charge in [0.25, 0.3) is 0 Å². The number of pyridine rings is 1. The number of hydrogen-bond donors (Lipinski definition) is 1. The lowest BCUT2D eigenvalue weighted by atomic mass is 9.99. The molecule has 7 heteroatoms. The SMILES string of the molecule is CC1CCN(CCCNc2nccc3c2/C=C/C=C(c2nnn(C)n2)\C=C\C3)CC1. The fourth-order valence-corrected chi connectivity index (χ4v) is 3.98. The van der Waals surface area contributed by atoms with Gasteiger partial charge in [-0.25, -0.2) is 4.98 Å². The van der Waals surface area contributed by atoms with Crippen LogP contribution in [-0.4, -0.2) is 56.3 Å². The number of nitrogens with zero attached hydrogens (tertiary/aromatic N) is 6. The molecular weight excluding hydrogens is 374 g/mol. The molecule has 30 heavy (non-hydrogen) atoms. The summed E-state index contributed by atoms with van der Waals surface area (Å²) in [6.45, 7) is 6.93. The van der Waals surface area contributed by atoms with Crippen molar-refractivity contribution in [2.45, 2.75) is 32.6 Å². The molecule has 0 amide bonds. The molecule has 7 nitrogen and oxygen atoms in total. The Morgan fingerprint density at radius 1 is 1.20 bits per heavy atom. The zero-order valence-electron chi connectivity index (χ0n) is 18.0. The van der Waals surface area contributed by atoms with Gasteiger partial charge in [-0.1, -0.05) is 37.3 Å². The molecule has 0 atom stereocenters. The van der Waals surface area contributed by atoms with Crippen molar-refractivity contribution in [1.82, 2.24) is 30.1 Å². The highest BCUT2D eigenvalue weighted by atomic mass is 15.6. The van der Waals surface area contributed by atoms with Crippen LogP contribution in [0.2, 0.25) is 0 Å². The van der Waals surface area contributed by atoms with Gasteiger partial charge < -0.3 is 10.2 Å². The molecule has 2 aromatic rings. The van der Waals surface area contributed by atoms with Crippen molar-refractivity contribution < 1.29 is 0 Å². The van der Waals surface area contributed by atoms with E-state index in [0.717, 1.165) is 48.8 Å². The Morgan fingerprint density at radius 3 is 2.87 bits per heavy atom. The van der Waals surface area contributed by atoms with E-state index in [1.165, 1.54) is 36.3 Å². The van der Waals surface area contributed by atoms with E-state index in [-0.39, 0.29) is 0 Å². The molecule has 158 valence electrons. The Bertz CT molecular complexity index is 933. The number of aryl methyl sites for hydroxylation is 1. The van der Waals surface area contributed by atoms with Gasteiger partial charge in [0.15, 0.2) is 0 Å². The van der Waals surface area contributed by atoms with Gasteiger partial charge >= 0.3 is 0 Å². The summed E-state index contributed by atoms with van der Waals surface area (Å²) >= 11 is 0. The highest BCUT2D eigenvalue weighted by Crippen LogP contribution is 2.23. The number of rotatable bonds is 6. The number of anilines is 1. The van der Waals surface area contributed by atoms with E-state index in [1.807, 2.05) is 18.3 Å². The third-order valence-corrected chi connectivity index (χ3v) is 5.84. The maximum Gasteiger partial charge on any atom is 0.204 e. The minimum atomic E-state index is 0.632. The van der Waals surface area contributed by atoms with E-state index >= 15 is 0 Å². The molecular formula is C23H31N7. The molecule has 1 fully saturated rings. The van der Waals surface area contributed by atoms with Crippen LogP contribution in [0.5, 0.6) is 0 Å². The van der Waals surface area contributed by atoms with Crippen LogP contribution in [-0.2, 0) is 13.5 Å². The van der Waals surface area contributed by atoms with E-state index in [4.69, 9.17) is 0 Å². The number of tetrazole rings is 1. The molecule has 1 N–H and O–H groups in total. The van der Waals surface area contributed by atoms with Crippen molar-refractivity contribution >= 4 is 17.5 Å². The van der Waals surface area contributed by atoms with Gasteiger partial charge in [0.2, 0.25) is 5.82 Å². The van der Waals surface area contributed by atoms with Gasteiger partial charge in [0, 0.05) is 23.9 Å². The second-order valence-corrected chi connectivity index (χ2v) is 8.23. The lowest BCUT2D eigenvalue weighted by molar-refractivity contribution is 0.192. The average Bonchev–Trinajstić information content (AvgIpc) is 3.22. The Kier molecular flexibility index (Phi) is 6.69. The monoisotopic (exact) mass is 405 g/mol. The van der Waals surface area contributed by atoms with Crippen molar-refractivity contribution in [2.24, 2.45) is 13.0 Å². The first kappa shape index (κ1) is 20.5. The fraction of sp³-hybridized carbons (Fsp3) is 0.478. The molecule has 2 aromatic heterocycles. The first-order valence-electron chi connectivity index (χ1n) is 10.9. The van der Waals surface area contributed by atoms with Crippen LogP contribution < -0.4 is 5.32 Å². The first-order valence-corrected chi connectivity index (χ1v) is 10.9. The zero-order chi connectivity index (χ0) is 20.8. The minimum Gasteiger partial charge on any atom is -0.370 e. The molecule has 0 saturated carbocycles. The van der Waals surface area contributed by atoms with Crippen LogP contribution in [0, 0.1) is 5.92 Å². The minimum absolute atomic E-state index is 0.632. The summed E-state index contributed by atoms with van der Waals surface area (Å²) in [4.78, 5) is 8.68. The Morgan fingerprint density at radius 2 is 2.07 bits per heavy atom. The highest BCUT2D eigenvalue weighted by Gasteiger charge is 2.15. The summed E-state index contributed by atoms with van der Waals surface area (Å²) in [5, 5.41) is 15.9. The van der Waals surface area contributed by atoms with Crippen molar-refractivity contribution in [3.05, 3.63) is 53.5 Å². The topological polar surface area (TPSA) is 71.8 Å². The van der Waals surface area contributed by atoms with Gasteiger partial charge in [-0.15, -0.1) is 10.2 Å². The normalized spacial score (nSPS) is 21.6. The second-order valence-electron chi connectivity index (χ2n) is 8.23. The predicted octanol–water partition coefficient (Wildman–Crippen LogP) is 3.35. The van der Waals surface area contributed by atoms with Gasteiger partial charge in [-0.05, 0) is 68.1 Å². The smallest absolute Gasteiger partial charge is 0.204 e. The van der Waals surface area contributed by atoms with Crippen LogP contribution >= 0.6 is 0 Å². The van der Waals surface area contributed by atoms with Crippen LogP contribution in [0.15, 0.2) is 36.6 Å². The molecule has 0 bridgehead atoms. The van der Waals surface area contributed by atoms with Crippen molar-refractivity contribution in [1.29, 1.82) is 0 Å². The molecule has 1 aliphatic heterocycles. The molecule has 0 radical (unpaired) electrons.